The van der Waals surface area contributed by atoms with E-state index in [4.69, 9.17) is 10.5 Å². The predicted octanol–water partition coefficient (Wildman–Crippen LogP) is 1.51. The van der Waals surface area contributed by atoms with E-state index in [1.807, 2.05) is 19.1 Å². The Morgan fingerprint density at radius 3 is 2.43 bits per heavy atom. The van der Waals surface area contributed by atoms with Gasteiger partial charge in [0.2, 0.25) is 10.0 Å². The van der Waals surface area contributed by atoms with Crippen LogP contribution in [0.1, 0.15) is 24.8 Å². The molecule has 0 unspecified atom stereocenters. The van der Waals surface area contributed by atoms with Crippen LogP contribution in [0.4, 0.5) is 0 Å². The minimum Gasteiger partial charge on any atom is -0.378 e. The monoisotopic (exact) mass is 312 g/mol. The van der Waals surface area contributed by atoms with E-state index in [0.29, 0.717) is 31.1 Å². The molecule has 6 heteroatoms. The van der Waals surface area contributed by atoms with Gasteiger partial charge < -0.3 is 10.5 Å². The Bertz CT molecular complexity index is 535. The predicted molar refractivity (Wildman–Crippen MR) is 82.6 cm³/mol. The molecule has 1 fully saturated rings. The Kier molecular flexibility index (Phi) is 5.75. The van der Waals surface area contributed by atoms with Crippen LogP contribution in [-0.2, 0) is 14.8 Å². The Morgan fingerprint density at radius 1 is 1.24 bits per heavy atom. The number of hydrogen-bond acceptors (Lipinski definition) is 4. The van der Waals surface area contributed by atoms with Gasteiger partial charge in [-0.1, -0.05) is 17.7 Å². The van der Waals surface area contributed by atoms with Gasteiger partial charge in [0.05, 0.1) is 11.0 Å². The number of piperidine rings is 1. The van der Waals surface area contributed by atoms with E-state index < -0.39 is 10.0 Å². The molecular weight excluding hydrogens is 288 g/mol. The van der Waals surface area contributed by atoms with Gasteiger partial charge in [-0.25, -0.2) is 8.42 Å². The van der Waals surface area contributed by atoms with Crippen molar-refractivity contribution in [2.75, 3.05) is 26.2 Å². The number of nitrogens with zero attached hydrogens (tertiary/aromatic N) is 1. The van der Waals surface area contributed by atoms with Crippen LogP contribution in [-0.4, -0.2) is 45.1 Å². The third kappa shape index (κ3) is 4.26. The fourth-order valence-corrected chi connectivity index (χ4v) is 3.90. The lowest BCUT2D eigenvalue weighted by molar-refractivity contribution is 0.0209. The SMILES string of the molecule is Cc1ccc(S(=O)(=O)N2CCC(OCCCN)CC2)cc1. The molecule has 0 aromatic heterocycles. The number of aryl methyl sites for hydroxylation is 1. The van der Waals surface area contributed by atoms with Gasteiger partial charge in [0, 0.05) is 19.7 Å². The maximum Gasteiger partial charge on any atom is 0.243 e. The first-order valence-corrected chi connectivity index (χ1v) is 8.86. The standard InChI is InChI=1S/C15H24N2O3S/c1-13-3-5-15(6-4-13)21(18,19)17-10-7-14(8-11-17)20-12-2-9-16/h3-6,14H,2,7-12,16H2,1H3. The molecule has 1 heterocycles. The third-order valence-corrected chi connectivity index (χ3v) is 5.67. The second kappa shape index (κ2) is 7.35. The summed E-state index contributed by atoms with van der Waals surface area (Å²) in [4.78, 5) is 0.371. The topological polar surface area (TPSA) is 72.6 Å². The molecule has 0 saturated carbocycles. The minimum atomic E-state index is -3.37. The van der Waals surface area contributed by atoms with E-state index in [0.717, 1.165) is 24.8 Å². The molecule has 1 aromatic rings. The summed E-state index contributed by atoms with van der Waals surface area (Å²) in [6.45, 7) is 4.26. The van der Waals surface area contributed by atoms with Crippen molar-refractivity contribution in [3.05, 3.63) is 29.8 Å². The summed E-state index contributed by atoms with van der Waals surface area (Å²) in [6.07, 6.45) is 2.49. The molecule has 2 rings (SSSR count). The molecule has 0 radical (unpaired) electrons. The Morgan fingerprint density at radius 2 is 1.86 bits per heavy atom. The van der Waals surface area contributed by atoms with Crippen molar-refractivity contribution in [2.45, 2.75) is 37.2 Å². The lowest BCUT2D eigenvalue weighted by Gasteiger charge is -2.31. The van der Waals surface area contributed by atoms with Gasteiger partial charge in [-0.05, 0) is 44.9 Å². The van der Waals surface area contributed by atoms with Crippen molar-refractivity contribution in [1.82, 2.24) is 4.31 Å². The molecule has 5 nitrogen and oxygen atoms in total. The number of benzene rings is 1. The van der Waals surface area contributed by atoms with Gasteiger partial charge in [0.1, 0.15) is 0 Å². The molecule has 1 aliphatic rings. The summed E-state index contributed by atoms with van der Waals surface area (Å²) >= 11 is 0. The van der Waals surface area contributed by atoms with E-state index in [2.05, 4.69) is 0 Å². The van der Waals surface area contributed by atoms with E-state index in [1.54, 1.807) is 16.4 Å². The summed E-state index contributed by atoms with van der Waals surface area (Å²) in [5.41, 5.74) is 6.49. The van der Waals surface area contributed by atoms with Crippen LogP contribution in [0, 0.1) is 6.92 Å². The van der Waals surface area contributed by atoms with Crippen molar-refractivity contribution in [1.29, 1.82) is 0 Å². The third-order valence-electron chi connectivity index (χ3n) is 3.76. The van der Waals surface area contributed by atoms with Gasteiger partial charge in [0.25, 0.3) is 0 Å². The largest absolute Gasteiger partial charge is 0.378 e. The van der Waals surface area contributed by atoms with Crippen LogP contribution in [0.5, 0.6) is 0 Å². The van der Waals surface area contributed by atoms with Crippen LogP contribution < -0.4 is 5.73 Å². The zero-order chi connectivity index (χ0) is 15.3. The molecule has 1 saturated heterocycles. The molecule has 1 aliphatic heterocycles. The van der Waals surface area contributed by atoms with E-state index >= 15 is 0 Å². The molecule has 0 spiro atoms. The van der Waals surface area contributed by atoms with Crippen molar-refractivity contribution in [2.24, 2.45) is 5.73 Å². The highest BCUT2D eigenvalue weighted by molar-refractivity contribution is 7.89. The first-order chi connectivity index (χ1) is 10.0. The summed E-state index contributed by atoms with van der Waals surface area (Å²) < 4.78 is 32.3. The lowest BCUT2D eigenvalue weighted by Crippen LogP contribution is -2.40. The first kappa shape index (κ1) is 16.4. The van der Waals surface area contributed by atoms with Crippen LogP contribution in [0.15, 0.2) is 29.2 Å². The van der Waals surface area contributed by atoms with Gasteiger partial charge in [-0.15, -0.1) is 0 Å². The maximum atomic E-state index is 12.5. The Balaban J connectivity index is 1.93. The molecule has 21 heavy (non-hydrogen) atoms. The van der Waals surface area contributed by atoms with Crippen molar-refractivity contribution in [3.8, 4) is 0 Å². The molecule has 118 valence electrons. The van der Waals surface area contributed by atoms with E-state index in [1.165, 1.54) is 0 Å². The smallest absolute Gasteiger partial charge is 0.243 e. The average Bonchev–Trinajstić information content (AvgIpc) is 2.48. The van der Waals surface area contributed by atoms with Crippen LogP contribution in [0.25, 0.3) is 0 Å². The second-order valence-electron chi connectivity index (χ2n) is 5.43. The van der Waals surface area contributed by atoms with Gasteiger partial charge in [0.15, 0.2) is 0 Å². The highest BCUT2D eigenvalue weighted by atomic mass is 32.2. The fraction of sp³-hybridized carbons (Fsp3) is 0.600. The number of ether oxygens (including phenoxy) is 1. The van der Waals surface area contributed by atoms with E-state index in [9.17, 15) is 8.42 Å². The zero-order valence-corrected chi connectivity index (χ0v) is 13.3. The summed E-state index contributed by atoms with van der Waals surface area (Å²) in [5.74, 6) is 0. The maximum absolute atomic E-state index is 12.5. The van der Waals surface area contributed by atoms with Gasteiger partial charge >= 0.3 is 0 Å². The normalized spacial score (nSPS) is 18.0. The van der Waals surface area contributed by atoms with Gasteiger partial charge in [-0.3, -0.25) is 0 Å². The minimum absolute atomic E-state index is 0.154. The van der Waals surface area contributed by atoms with Crippen molar-refractivity contribution < 1.29 is 13.2 Å². The summed E-state index contributed by atoms with van der Waals surface area (Å²) in [6, 6.07) is 7.01. The number of rotatable bonds is 6. The average molecular weight is 312 g/mol. The lowest BCUT2D eigenvalue weighted by atomic mass is 10.1. The molecule has 0 aliphatic carbocycles. The first-order valence-electron chi connectivity index (χ1n) is 7.42. The molecule has 0 amide bonds. The molecule has 2 N–H and O–H groups in total. The number of sulfonamides is 1. The van der Waals surface area contributed by atoms with Crippen molar-refractivity contribution >= 4 is 10.0 Å². The molecule has 0 atom stereocenters. The quantitative estimate of drug-likeness (QED) is 0.808. The number of hydrogen-bond donors (Lipinski definition) is 1. The second-order valence-corrected chi connectivity index (χ2v) is 7.37. The molecule has 0 bridgehead atoms. The Labute approximate surface area is 127 Å². The van der Waals surface area contributed by atoms with Crippen LogP contribution >= 0.6 is 0 Å². The van der Waals surface area contributed by atoms with Crippen LogP contribution in [0.3, 0.4) is 0 Å². The summed E-state index contributed by atoms with van der Waals surface area (Å²) in [5, 5.41) is 0. The fourth-order valence-electron chi connectivity index (χ4n) is 2.43. The van der Waals surface area contributed by atoms with Crippen LogP contribution in [0.2, 0.25) is 0 Å². The van der Waals surface area contributed by atoms with Crippen molar-refractivity contribution in [3.63, 3.8) is 0 Å². The van der Waals surface area contributed by atoms with Gasteiger partial charge in [-0.2, -0.15) is 4.31 Å². The zero-order valence-electron chi connectivity index (χ0n) is 12.5. The number of nitrogens with two attached hydrogens (primary N) is 1. The highest BCUT2D eigenvalue weighted by Gasteiger charge is 2.29. The summed E-state index contributed by atoms with van der Waals surface area (Å²) in [7, 11) is -3.37. The molecule has 1 aromatic carbocycles. The highest BCUT2D eigenvalue weighted by Crippen LogP contribution is 2.22. The molecular formula is C15H24N2O3S. The Hall–Kier alpha value is -0.950. The van der Waals surface area contributed by atoms with E-state index in [-0.39, 0.29) is 6.10 Å².